The van der Waals surface area contributed by atoms with Crippen molar-refractivity contribution in [2.75, 3.05) is 6.26 Å². The zero-order valence-corrected chi connectivity index (χ0v) is 19.5. The molecule has 1 aliphatic carbocycles. The highest BCUT2D eigenvalue weighted by atomic mass is 32.2. The molecule has 172 valence electrons. The van der Waals surface area contributed by atoms with Gasteiger partial charge in [-0.3, -0.25) is 9.59 Å². The lowest BCUT2D eigenvalue weighted by atomic mass is 9.83. The van der Waals surface area contributed by atoms with Crippen LogP contribution in [0.5, 0.6) is 0 Å². The number of para-hydroxylation sites is 1. The van der Waals surface area contributed by atoms with Crippen molar-refractivity contribution in [2.24, 2.45) is 11.8 Å². The summed E-state index contributed by atoms with van der Waals surface area (Å²) in [6.45, 7) is 3.97. The molecule has 2 amide bonds. The second-order valence-corrected chi connectivity index (χ2v) is 10.7. The molecule has 1 aromatic heterocycles. The largest absolute Gasteiger partial charge is 0.347 e. The van der Waals surface area contributed by atoms with Gasteiger partial charge in [0.05, 0.1) is 23.8 Å². The second kappa shape index (κ2) is 9.74. The molecule has 1 aromatic carbocycles. The fourth-order valence-electron chi connectivity index (χ4n) is 4.40. The van der Waals surface area contributed by atoms with Crippen LogP contribution in [0.4, 0.5) is 0 Å². The van der Waals surface area contributed by atoms with E-state index in [1.54, 1.807) is 30.3 Å². The predicted octanol–water partition coefficient (Wildman–Crippen LogP) is 2.79. The number of nitriles is 1. The molecule has 1 heterocycles. The molecular weight excluding hydrogens is 428 g/mol. The Bertz CT molecular complexity index is 1150. The number of benzene rings is 1. The number of carbonyl (C=O) groups is 2. The fraction of sp³-hybridized carbons (Fsp3) is 0.522. The molecule has 1 aliphatic rings. The molecule has 1 saturated carbocycles. The Morgan fingerprint density at radius 1 is 1.22 bits per heavy atom. The Kier molecular flexibility index (Phi) is 7.24. The predicted molar refractivity (Wildman–Crippen MR) is 122 cm³/mol. The molecule has 9 heteroatoms. The van der Waals surface area contributed by atoms with Crippen molar-refractivity contribution >= 4 is 32.7 Å². The first-order valence-corrected chi connectivity index (χ1v) is 12.8. The first-order valence-electron chi connectivity index (χ1n) is 10.9. The highest BCUT2D eigenvalue weighted by molar-refractivity contribution is 7.89. The van der Waals surface area contributed by atoms with Crippen LogP contribution in [0.25, 0.3) is 10.9 Å². The maximum Gasteiger partial charge on any atom is 0.269 e. The van der Waals surface area contributed by atoms with Crippen molar-refractivity contribution in [1.82, 2.24) is 14.6 Å². The lowest BCUT2D eigenvalue weighted by Gasteiger charge is -2.32. The summed E-state index contributed by atoms with van der Waals surface area (Å²) in [5, 5.41) is 15.7. The van der Waals surface area contributed by atoms with Crippen LogP contribution in [0.2, 0.25) is 0 Å². The first kappa shape index (κ1) is 23.8. The van der Waals surface area contributed by atoms with Crippen molar-refractivity contribution in [2.45, 2.75) is 58.0 Å². The Labute approximate surface area is 189 Å². The molecule has 2 aromatic rings. The summed E-state index contributed by atoms with van der Waals surface area (Å²) in [5.41, 5.74) is 0.455. The van der Waals surface area contributed by atoms with Crippen molar-refractivity contribution in [3.05, 3.63) is 36.0 Å². The second-order valence-electron chi connectivity index (χ2n) is 8.91. The topological polar surface area (TPSA) is 121 Å². The van der Waals surface area contributed by atoms with E-state index < -0.39 is 33.9 Å². The minimum atomic E-state index is -3.72. The van der Waals surface area contributed by atoms with Gasteiger partial charge in [-0.1, -0.05) is 44.9 Å². The molecule has 0 aliphatic heterocycles. The third-order valence-electron chi connectivity index (χ3n) is 5.83. The monoisotopic (exact) mass is 458 g/mol. The number of amides is 2. The molecule has 3 atom stereocenters. The van der Waals surface area contributed by atoms with Crippen molar-refractivity contribution in [1.29, 1.82) is 5.26 Å². The van der Waals surface area contributed by atoms with E-state index in [9.17, 15) is 23.3 Å². The lowest BCUT2D eigenvalue weighted by Crippen LogP contribution is -2.50. The molecule has 0 saturated heterocycles. The summed E-state index contributed by atoms with van der Waals surface area (Å²) in [6.07, 6.45) is 4.55. The standard InChI is InChI=1S/C23H30N4O4S/c1-15(2)12-17(14-24)25-22(28)18-9-5-6-10-19(18)26-23(29)21-13-16-8-4-7-11-20(16)27(21)32(3,30)31/h4,7-8,11,13,15,17-19H,5-6,9-10,12H2,1-3H3,(H,25,28)(H,26,29). The zero-order chi connectivity index (χ0) is 23.5. The number of hydrogen-bond acceptors (Lipinski definition) is 5. The molecule has 8 nitrogen and oxygen atoms in total. The summed E-state index contributed by atoms with van der Waals surface area (Å²) < 4.78 is 25.9. The smallest absolute Gasteiger partial charge is 0.269 e. The van der Waals surface area contributed by atoms with E-state index in [-0.39, 0.29) is 17.5 Å². The van der Waals surface area contributed by atoms with E-state index in [0.717, 1.165) is 23.1 Å². The molecule has 1 fully saturated rings. The Balaban J connectivity index is 1.83. The number of nitrogens with zero attached hydrogens (tertiary/aromatic N) is 2. The number of carbonyl (C=O) groups excluding carboxylic acids is 2. The van der Waals surface area contributed by atoms with Gasteiger partial charge in [0.15, 0.2) is 0 Å². The van der Waals surface area contributed by atoms with E-state index in [0.29, 0.717) is 30.2 Å². The van der Waals surface area contributed by atoms with Gasteiger partial charge < -0.3 is 10.6 Å². The summed E-state index contributed by atoms with van der Waals surface area (Å²) in [4.78, 5) is 26.1. The van der Waals surface area contributed by atoms with Gasteiger partial charge in [0.2, 0.25) is 15.9 Å². The van der Waals surface area contributed by atoms with E-state index in [1.165, 1.54) is 0 Å². The third-order valence-corrected chi connectivity index (χ3v) is 6.89. The maximum absolute atomic E-state index is 13.2. The van der Waals surface area contributed by atoms with E-state index in [2.05, 4.69) is 16.7 Å². The fourth-order valence-corrected chi connectivity index (χ4v) is 5.42. The van der Waals surface area contributed by atoms with Gasteiger partial charge >= 0.3 is 0 Å². The Hall–Kier alpha value is -2.86. The molecule has 32 heavy (non-hydrogen) atoms. The van der Waals surface area contributed by atoms with Gasteiger partial charge in [-0.2, -0.15) is 5.26 Å². The highest BCUT2D eigenvalue weighted by Crippen LogP contribution is 2.27. The van der Waals surface area contributed by atoms with Crippen LogP contribution in [0, 0.1) is 23.2 Å². The van der Waals surface area contributed by atoms with Gasteiger partial charge in [0, 0.05) is 11.4 Å². The third kappa shape index (κ3) is 5.30. The van der Waals surface area contributed by atoms with Crippen molar-refractivity contribution in [3.63, 3.8) is 0 Å². The molecule has 2 N–H and O–H groups in total. The maximum atomic E-state index is 13.2. The molecule has 3 rings (SSSR count). The minimum absolute atomic E-state index is 0.0214. The van der Waals surface area contributed by atoms with Gasteiger partial charge in [-0.15, -0.1) is 0 Å². The van der Waals surface area contributed by atoms with E-state index in [4.69, 9.17) is 0 Å². The Morgan fingerprint density at radius 2 is 1.91 bits per heavy atom. The van der Waals surface area contributed by atoms with Crippen LogP contribution < -0.4 is 10.6 Å². The molecule has 3 unspecified atom stereocenters. The molecular formula is C23H30N4O4S. The van der Waals surface area contributed by atoms with Gasteiger partial charge in [0.1, 0.15) is 11.7 Å². The van der Waals surface area contributed by atoms with Gasteiger partial charge in [-0.25, -0.2) is 12.4 Å². The van der Waals surface area contributed by atoms with Crippen LogP contribution in [-0.4, -0.2) is 42.5 Å². The van der Waals surface area contributed by atoms with Crippen LogP contribution in [-0.2, 0) is 14.8 Å². The Morgan fingerprint density at radius 3 is 2.56 bits per heavy atom. The minimum Gasteiger partial charge on any atom is -0.347 e. The number of fused-ring (bicyclic) bond motifs is 1. The van der Waals surface area contributed by atoms with Crippen LogP contribution in [0.15, 0.2) is 30.3 Å². The van der Waals surface area contributed by atoms with Crippen molar-refractivity contribution in [3.8, 4) is 6.07 Å². The molecule has 0 bridgehead atoms. The number of hydrogen-bond donors (Lipinski definition) is 2. The van der Waals surface area contributed by atoms with Gasteiger partial charge in [0.25, 0.3) is 5.91 Å². The summed E-state index contributed by atoms with van der Waals surface area (Å²) >= 11 is 0. The average Bonchev–Trinajstić information content (AvgIpc) is 3.13. The van der Waals surface area contributed by atoms with Gasteiger partial charge in [-0.05, 0) is 37.3 Å². The molecule has 0 spiro atoms. The quantitative estimate of drug-likeness (QED) is 0.661. The lowest BCUT2D eigenvalue weighted by molar-refractivity contribution is -0.127. The summed E-state index contributed by atoms with van der Waals surface area (Å²) in [7, 11) is -3.72. The average molecular weight is 459 g/mol. The SMILES string of the molecule is CC(C)CC(C#N)NC(=O)C1CCCCC1NC(=O)c1cc2ccccc2n1S(C)(=O)=O. The summed E-state index contributed by atoms with van der Waals surface area (Å²) in [6, 6.07) is 9.58. The van der Waals surface area contributed by atoms with E-state index >= 15 is 0 Å². The number of nitrogens with one attached hydrogen (secondary N) is 2. The van der Waals surface area contributed by atoms with E-state index in [1.807, 2.05) is 13.8 Å². The highest BCUT2D eigenvalue weighted by Gasteiger charge is 2.34. The zero-order valence-electron chi connectivity index (χ0n) is 18.7. The molecule has 0 radical (unpaired) electrons. The first-order chi connectivity index (χ1) is 15.1. The normalized spacial score (nSPS) is 20.0. The van der Waals surface area contributed by atoms with Crippen LogP contribution in [0.1, 0.15) is 56.4 Å². The number of aromatic nitrogens is 1. The van der Waals surface area contributed by atoms with Crippen LogP contribution in [0.3, 0.4) is 0 Å². The van der Waals surface area contributed by atoms with Crippen LogP contribution >= 0.6 is 0 Å². The number of rotatable bonds is 7. The summed E-state index contributed by atoms with van der Waals surface area (Å²) in [5.74, 6) is -0.979. The van der Waals surface area contributed by atoms with Crippen molar-refractivity contribution < 1.29 is 18.0 Å².